The zero-order valence-corrected chi connectivity index (χ0v) is 17.9. The summed E-state index contributed by atoms with van der Waals surface area (Å²) < 4.78 is 47.4. The highest BCUT2D eigenvalue weighted by atomic mass is 19.4. The van der Waals surface area contributed by atoms with Crippen LogP contribution in [0.2, 0.25) is 0 Å². The number of ether oxygens (including phenoxy) is 1. The normalized spacial score (nSPS) is 11.3. The minimum atomic E-state index is -4.85. The molecule has 0 unspecified atom stereocenters. The van der Waals surface area contributed by atoms with Gasteiger partial charge >= 0.3 is 12.1 Å². The fourth-order valence-corrected chi connectivity index (χ4v) is 3.46. The van der Waals surface area contributed by atoms with E-state index in [0.717, 1.165) is 18.3 Å². The number of carbonyl (C=O) groups excluding carboxylic acids is 1. The van der Waals surface area contributed by atoms with Gasteiger partial charge in [0.05, 0.1) is 16.8 Å². The van der Waals surface area contributed by atoms with Crippen molar-refractivity contribution in [3.63, 3.8) is 0 Å². The molecule has 0 bridgehead atoms. The number of hydrogen-bond donors (Lipinski definition) is 3. The molecule has 0 spiro atoms. The van der Waals surface area contributed by atoms with Crippen molar-refractivity contribution in [1.29, 1.82) is 0 Å². The van der Waals surface area contributed by atoms with Gasteiger partial charge in [0.1, 0.15) is 17.9 Å². The summed E-state index contributed by atoms with van der Waals surface area (Å²) in [4.78, 5) is 35.2. The maximum Gasteiger partial charge on any atom is 0.417 e. The third-order valence-corrected chi connectivity index (χ3v) is 5.07. The molecule has 2 heterocycles. The molecule has 4 rings (SSSR count). The summed E-state index contributed by atoms with van der Waals surface area (Å²) in [5, 5.41) is 12.6. The number of nitrogens with zero attached hydrogens (tertiary/aromatic N) is 3. The van der Waals surface area contributed by atoms with E-state index >= 15 is 0 Å². The van der Waals surface area contributed by atoms with Gasteiger partial charge in [0, 0.05) is 41.2 Å². The number of pyridine rings is 1. The molecule has 12 heteroatoms. The van der Waals surface area contributed by atoms with Crippen molar-refractivity contribution >= 4 is 28.5 Å². The van der Waals surface area contributed by atoms with Gasteiger partial charge in [-0.25, -0.2) is 14.8 Å². The van der Waals surface area contributed by atoms with Crippen LogP contribution in [-0.4, -0.2) is 39.0 Å². The minimum absolute atomic E-state index is 0.0858. The molecule has 2 aromatic heterocycles. The number of carboxylic acids is 1. The first-order valence-corrected chi connectivity index (χ1v) is 9.93. The third-order valence-electron chi connectivity index (χ3n) is 5.07. The lowest BCUT2D eigenvalue weighted by Gasteiger charge is -2.16. The number of hydrogen-bond acceptors (Lipinski definition) is 7. The predicted octanol–water partition coefficient (Wildman–Crippen LogP) is 4.34. The van der Waals surface area contributed by atoms with Crippen LogP contribution in [0.1, 0.15) is 26.3 Å². The molecule has 0 atom stereocenters. The number of rotatable bonds is 6. The quantitative estimate of drug-likeness (QED) is 0.368. The molecular weight excluding hydrogens is 467 g/mol. The molecular formula is C23H16F3N5O4. The van der Waals surface area contributed by atoms with Crippen molar-refractivity contribution in [3.8, 4) is 22.9 Å². The second-order valence-electron chi connectivity index (χ2n) is 7.25. The molecule has 35 heavy (non-hydrogen) atoms. The van der Waals surface area contributed by atoms with Gasteiger partial charge in [0.2, 0.25) is 11.8 Å². The van der Waals surface area contributed by atoms with Crippen molar-refractivity contribution < 1.29 is 32.6 Å². The number of aromatic carboxylic acids is 1. The molecule has 0 saturated carbocycles. The summed E-state index contributed by atoms with van der Waals surface area (Å²) in [6.45, 7) is 0. The number of benzene rings is 2. The smallest absolute Gasteiger partial charge is 0.417 e. The van der Waals surface area contributed by atoms with E-state index in [4.69, 9.17) is 10.5 Å². The zero-order valence-electron chi connectivity index (χ0n) is 17.9. The Bertz CT molecular complexity index is 1470. The second kappa shape index (κ2) is 8.89. The first kappa shape index (κ1) is 23.4. The van der Waals surface area contributed by atoms with Crippen molar-refractivity contribution in [3.05, 3.63) is 71.7 Å². The lowest BCUT2D eigenvalue weighted by molar-refractivity contribution is -0.137. The zero-order chi connectivity index (χ0) is 25.3. The van der Waals surface area contributed by atoms with Crippen LogP contribution in [-0.2, 0) is 6.18 Å². The minimum Gasteiger partial charge on any atom is -0.478 e. The van der Waals surface area contributed by atoms with Crippen LogP contribution >= 0.6 is 0 Å². The van der Waals surface area contributed by atoms with Gasteiger partial charge in [0.25, 0.3) is 0 Å². The van der Waals surface area contributed by atoms with E-state index in [1.165, 1.54) is 30.6 Å². The molecule has 4 N–H and O–H groups in total. The monoisotopic (exact) mass is 483 g/mol. The molecule has 0 aliphatic heterocycles. The highest BCUT2D eigenvalue weighted by Crippen LogP contribution is 2.40. The molecule has 2 aromatic carbocycles. The Kier molecular flexibility index (Phi) is 5.95. The molecule has 1 amide bonds. The topological polar surface area (TPSA) is 140 Å². The van der Waals surface area contributed by atoms with Gasteiger partial charge in [-0.1, -0.05) is 6.07 Å². The molecule has 0 aliphatic rings. The van der Waals surface area contributed by atoms with Crippen molar-refractivity contribution in [1.82, 2.24) is 15.0 Å². The largest absolute Gasteiger partial charge is 0.478 e. The van der Waals surface area contributed by atoms with Crippen LogP contribution in [0, 0.1) is 0 Å². The average molecular weight is 483 g/mol. The van der Waals surface area contributed by atoms with Gasteiger partial charge in [-0.15, -0.1) is 0 Å². The number of anilines is 1. The third kappa shape index (κ3) is 4.67. The number of fused-ring (bicyclic) bond motifs is 1. The first-order valence-electron chi connectivity index (χ1n) is 9.93. The van der Waals surface area contributed by atoms with E-state index in [-0.39, 0.29) is 44.8 Å². The van der Waals surface area contributed by atoms with E-state index in [1.807, 2.05) is 0 Å². The van der Waals surface area contributed by atoms with Gasteiger partial charge in [-0.05, 0) is 30.3 Å². The Morgan fingerprint density at radius 3 is 2.46 bits per heavy atom. The van der Waals surface area contributed by atoms with Gasteiger partial charge in [0.15, 0.2) is 0 Å². The van der Waals surface area contributed by atoms with E-state index in [2.05, 4.69) is 20.3 Å². The number of carbonyl (C=O) groups is 2. The van der Waals surface area contributed by atoms with Crippen molar-refractivity contribution in [2.24, 2.45) is 5.73 Å². The number of aromatic nitrogens is 3. The van der Waals surface area contributed by atoms with E-state index < -0.39 is 23.6 Å². The van der Waals surface area contributed by atoms with Gasteiger partial charge in [-0.2, -0.15) is 13.2 Å². The molecule has 0 aliphatic carbocycles. The van der Waals surface area contributed by atoms with E-state index in [1.54, 1.807) is 7.05 Å². The molecule has 4 aromatic rings. The Morgan fingerprint density at radius 1 is 1.03 bits per heavy atom. The highest BCUT2D eigenvalue weighted by molar-refractivity contribution is 6.08. The van der Waals surface area contributed by atoms with Crippen LogP contribution in [0.15, 0.2) is 55.0 Å². The number of primary amides is 1. The molecule has 0 saturated heterocycles. The van der Waals surface area contributed by atoms with Gasteiger partial charge < -0.3 is 20.9 Å². The number of amides is 1. The number of alkyl halides is 3. The number of nitrogens with one attached hydrogen (secondary N) is 1. The van der Waals surface area contributed by atoms with Crippen LogP contribution in [0.4, 0.5) is 19.0 Å². The summed E-state index contributed by atoms with van der Waals surface area (Å²) in [6.07, 6.45) is -2.61. The van der Waals surface area contributed by atoms with Gasteiger partial charge in [-0.3, -0.25) is 9.78 Å². The van der Waals surface area contributed by atoms with E-state index in [9.17, 15) is 27.9 Å². The second-order valence-corrected chi connectivity index (χ2v) is 7.25. The van der Waals surface area contributed by atoms with Crippen LogP contribution in [0.3, 0.4) is 0 Å². The number of halogens is 3. The summed E-state index contributed by atoms with van der Waals surface area (Å²) in [5.74, 6) is -1.55. The summed E-state index contributed by atoms with van der Waals surface area (Å²) in [5.41, 5.74) is 2.95. The molecule has 178 valence electrons. The van der Waals surface area contributed by atoms with Crippen molar-refractivity contribution in [2.45, 2.75) is 6.18 Å². The number of nitrogens with two attached hydrogens (primary N) is 1. The Hall–Kier alpha value is -4.74. The first-order chi connectivity index (χ1) is 16.6. The molecule has 9 nitrogen and oxygen atoms in total. The standard InChI is InChI=1S/C23H16F3N5O4/c1-28-18-8-19(31-10-30-18)35-12-3-5-13-15(7-12)20(29-9-16(13)22(33)34)14-4-2-11(21(27)32)6-17(14)23(24,25)26/h2-10H,1H3,(H2,27,32)(H,33,34)(H,28,30,31). The van der Waals surface area contributed by atoms with Crippen LogP contribution < -0.4 is 15.8 Å². The lowest BCUT2D eigenvalue weighted by atomic mass is 9.95. The molecule has 0 radical (unpaired) electrons. The fraction of sp³-hybridized carbons (Fsp3) is 0.0870. The van der Waals surface area contributed by atoms with Crippen LogP contribution in [0.5, 0.6) is 11.6 Å². The molecule has 0 fully saturated rings. The Morgan fingerprint density at radius 2 is 1.80 bits per heavy atom. The SMILES string of the molecule is CNc1cc(Oc2ccc3c(C(=O)O)cnc(-c4ccc(C(N)=O)cc4C(F)(F)F)c3c2)ncn1. The summed E-state index contributed by atoms with van der Waals surface area (Å²) in [7, 11) is 1.65. The predicted molar refractivity (Wildman–Crippen MR) is 119 cm³/mol. The highest BCUT2D eigenvalue weighted by Gasteiger charge is 2.35. The average Bonchev–Trinajstić information content (AvgIpc) is 2.82. The fourth-order valence-electron chi connectivity index (χ4n) is 3.46. The summed E-state index contributed by atoms with van der Waals surface area (Å²) >= 11 is 0. The lowest BCUT2D eigenvalue weighted by Crippen LogP contribution is -2.14. The Balaban J connectivity index is 1.94. The Labute approximate surface area is 195 Å². The number of carboxylic acid groups (broad SMARTS) is 1. The summed E-state index contributed by atoms with van der Waals surface area (Å²) in [6, 6.07) is 8.59. The maximum atomic E-state index is 13.9. The van der Waals surface area contributed by atoms with Crippen LogP contribution in [0.25, 0.3) is 22.0 Å². The van der Waals surface area contributed by atoms with Crippen molar-refractivity contribution in [2.75, 3.05) is 12.4 Å². The van der Waals surface area contributed by atoms with E-state index in [0.29, 0.717) is 11.9 Å². The maximum absolute atomic E-state index is 13.9.